The Morgan fingerprint density at radius 1 is 1.00 bits per heavy atom. The van der Waals surface area contributed by atoms with E-state index >= 15 is 0 Å². The highest BCUT2D eigenvalue weighted by Gasteiger charge is 2.17. The maximum Gasteiger partial charge on any atom is 0.244 e. The molecule has 2 rings (SSSR count). The van der Waals surface area contributed by atoms with Crippen LogP contribution in [0.5, 0.6) is 0 Å². The van der Waals surface area contributed by atoms with Gasteiger partial charge in [0, 0.05) is 17.1 Å². The molecule has 0 atom stereocenters. The Kier molecular flexibility index (Phi) is 7.73. The van der Waals surface area contributed by atoms with Crippen LogP contribution in [0.4, 0.5) is 5.69 Å². The van der Waals surface area contributed by atoms with E-state index in [0.717, 1.165) is 28.1 Å². The molecule has 138 valence electrons. The molecule has 26 heavy (non-hydrogen) atoms. The third kappa shape index (κ3) is 5.92. The maximum absolute atomic E-state index is 12.6. The second kappa shape index (κ2) is 10.0. The molecule has 0 saturated carbocycles. The number of para-hydroxylation sites is 1. The standard InChI is InChI=1S/C21H26N2O2S/c1-4-13-23(14-20(24)22-18-11-7-5-9-16(18)2)21(25)15-26-19-12-8-6-10-17(19)3/h5-12H,4,13-15H2,1-3H3,(H,22,24). The van der Waals surface area contributed by atoms with Gasteiger partial charge in [-0.3, -0.25) is 9.59 Å². The van der Waals surface area contributed by atoms with E-state index in [9.17, 15) is 9.59 Å². The molecule has 0 bridgehead atoms. The van der Waals surface area contributed by atoms with Crippen LogP contribution < -0.4 is 5.32 Å². The summed E-state index contributed by atoms with van der Waals surface area (Å²) in [5.41, 5.74) is 2.95. The van der Waals surface area contributed by atoms with E-state index < -0.39 is 0 Å². The predicted molar refractivity (Wildman–Crippen MR) is 109 cm³/mol. The first-order chi connectivity index (χ1) is 12.5. The number of anilines is 1. The van der Waals surface area contributed by atoms with E-state index in [1.165, 1.54) is 11.8 Å². The molecule has 0 fully saturated rings. The molecule has 2 amide bonds. The molecular formula is C21H26N2O2S. The van der Waals surface area contributed by atoms with Crippen molar-refractivity contribution in [3.05, 3.63) is 59.7 Å². The Bertz CT molecular complexity index is 761. The largest absolute Gasteiger partial charge is 0.333 e. The first kappa shape index (κ1) is 20.0. The highest BCUT2D eigenvalue weighted by molar-refractivity contribution is 8.00. The van der Waals surface area contributed by atoms with Gasteiger partial charge in [-0.25, -0.2) is 0 Å². The number of carbonyl (C=O) groups excluding carboxylic acids is 2. The van der Waals surface area contributed by atoms with Crippen LogP contribution in [0.3, 0.4) is 0 Å². The van der Waals surface area contributed by atoms with E-state index in [-0.39, 0.29) is 18.4 Å². The summed E-state index contributed by atoms with van der Waals surface area (Å²) in [6.45, 7) is 6.65. The quantitative estimate of drug-likeness (QED) is 0.706. The van der Waals surface area contributed by atoms with Gasteiger partial charge in [-0.15, -0.1) is 11.8 Å². The predicted octanol–water partition coefficient (Wildman–Crippen LogP) is 4.27. The fraction of sp³-hybridized carbons (Fsp3) is 0.333. The van der Waals surface area contributed by atoms with Gasteiger partial charge in [0.25, 0.3) is 0 Å². The van der Waals surface area contributed by atoms with Crippen LogP contribution in [0.25, 0.3) is 0 Å². The van der Waals surface area contributed by atoms with Gasteiger partial charge in [0.1, 0.15) is 0 Å². The Labute approximate surface area is 160 Å². The van der Waals surface area contributed by atoms with Crippen LogP contribution in [0.1, 0.15) is 24.5 Å². The molecule has 0 saturated heterocycles. The van der Waals surface area contributed by atoms with E-state index in [4.69, 9.17) is 0 Å². The van der Waals surface area contributed by atoms with Crippen molar-refractivity contribution in [3.8, 4) is 0 Å². The fourth-order valence-electron chi connectivity index (χ4n) is 2.59. The van der Waals surface area contributed by atoms with Crippen molar-refractivity contribution in [3.63, 3.8) is 0 Å². The summed E-state index contributed by atoms with van der Waals surface area (Å²) in [5.74, 6) is 0.157. The van der Waals surface area contributed by atoms with Crippen LogP contribution in [0.2, 0.25) is 0 Å². The van der Waals surface area contributed by atoms with Gasteiger partial charge in [0.2, 0.25) is 11.8 Å². The first-order valence-corrected chi connectivity index (χ1v) is 9.81. The third-order valence-corrected chi connectivity index (χ3v) is 5.20. The minimum absolute atomic E-state index is 0.0139. The van der Waals surface area contributed by atoms with E-state index in [0.29, 0.717) is 12.3 Å². The van der Waals surface area contributed by atoms with Gasteiger partial charge >= 0.3 is 0 Å². The van der Waals surface area contributed by atoms with Crippen molar-refractivity contribution in [2.45, 2.75) is 32.1 Å². The molecule has 0 radical (unpaired) electrons. The van der Waals surface area contributed by atoms with E-state index in [1.807, 2.05) is 69.3 Å². The minimum Gasteiger partial charge on any atom is -0.333 e. The van der Waals surface area contributed by atoms with Gasteiger partial charge in [-0.1, -0.05) is 43.3 Å². The molecule has 2 aromatic rings. The molecule has 0 spiro atoms. The van der Waals surface area contributed by atoms with Crippen LogP contribution in [-0.4, -0.2) is 35.6 Å². The van der Waals surface area contributed by atoms with Crippen molar-refractivity contribution in [1.82, 2.24) is 4.90 Å². The lowest BCUT2D eigenvalue weighted by molar-refractivity contribution is -0.132. The first-order valence-electron chi connectivity index (χ1n) is 8.83. The molecular weight excluding hydrogens is 344 g/mol. The molecule has 0 aliphatic rings. The lowest BCUT2D eigenvalue weighted by Crippen LogP contribution is -2.39. The summed E-state index contributed by atoms with van der Waals surface area (Å²) in [6, 6.07) is 15.6. The van der Waals surface area contributed by atoms with Crippen molar-refractivity contribution >= 4 is 29.3 Å². The molecule has 0 aliphatic carbocycles. The zero-order valence-corrected chi connectivity index (χ0v) is 16.4. The molecule has 4 nitrogen and oxygen atoms in total. The number of thioether (sulfide) groups is 1. The van der Waals surface area contributed by atoms with Crippen LogP contribution >= 0.6 is 11.8 Å². The number of aryl methyl sites for hydroxylation is 2. The van der Waals surface area contributed by atoms with Crippen LogP contribution in [0, 0.1) is 13.8 Å². The average Bonchev–Trinajstić information content (AvgIpc) is 2.62. The molecule has 0 aliphatic heterocycles. The zero-order valence-electron chi connectivity index (χ0n) is 15.6. The summed E-state index contributed by atoms with van der Waals surface area (Å²) in [6.07, 6.45) is 0.818. The monoisotopic (exact) mass is 370 g/mol. The Hall–Kier alpha value is -2.27. The summed E-state index contributed by atoms with van der Waals surface area (Å²) in [5, 5.41) is 2.90. The lowest BCUT2D eigenvalue weighted by Gasteiger charge is -2.22. The smallest absolute Gasteiger partial charge is 0.244 e. The molecule has 0 aromatic heterocycles. The van der Waals surface area contributed by atoms with Gasteiger partial charge < -0.3 is 10.2 Å². The van der Waals surface area contributed by atoms with Gasteiger partial charge in [-0.2, -0.15) is 0 Å². The highest BCUT2D eigenvalue weighted by Crippen LogP contribution is 2.22. The molecule has 0 unspecified atom stereocenters. The lowest BCUT2D eigenvalue weighted by atomic mass is 10.2. The normalized spacial score (nSPS) is 10.4. The summed E-state index contributed by atoms with van der Waals surface area (Å²) in [4.78, 5) is 27.7. The maximum atomic E-state index is 12.6. The number of rotatable bonds is 8. The SMILES string of the molecule is CCCN(CC(=O)Nc1ccccc1C)C(=O)CSc1ccccc1C. The fourth-order valence-corrected chi connectivity index (χ4v) is 3.52. The number of carbonyl (C=O) groups is 2. The zero-order chi connectivity index (χ0) is 18.9. The van der Waals surface area contributed by atoms with E-state index in [2.05, 4.69) is 5.32 Å². The van der Waals surface area contributed by atoms with Crippen LogP contribution in [0.15, 0.2) is 53.4 Å². The molecule has 5 heteroatoms. The van der Waals surface area contributed by atoms with Crippen molar-refractivity contribution < 1.29 is 9.59 Å². The van der Waals surface area contributed by atoms with Crippen molar-refractivity contribution in [2.24, 2.45) is 0 Å². The Balaban J connectivity index is 1.94. The number of benzene rings is 2. The topological polar surface area (TPSA) is 49.4 Å². The summed E-state index contributed by atoms with van der Waals surface area (Å²) >= 11 is 1.52. The number of hydrogen-bond acceptors (Lipinski definition) is 3. The van der Waals surface area contributed by atoms with Gasteiger partial charge in [-0.05, 0) is 43.5 Å². The minimum atomic E-state index is -0.165. The average molecular weight is 371 g/mol. The van der Waals surface area contributed by atoms with Crippen LogP contribution in [-0.2, 0) is 9.59 Å². The van der Waals surface area contributed by atoms with Crippen molar-refractivity contribution in [2.75, 3.05) is 24.2 Å². The van der Waals surface area contributed by atoms with E-state index in [1.54, 1.807) is 4.90 Å². The second-order valence-corrected chi connectivity index (χ2v) is 7.25. The molecule has 0 heterocycles. The number of nitrogens with zero attached hydrogens (tertiary/aromatic N) is 1. The number of nitrogens with one attached hydrogen (secondary N) is 1. The number of hydrogen-bond donors (Lipinski definition) is 1. The highest BCUT2D eigenvalue weighted by atomic mass is 32.2. The molecule has 2 aromatic carbocycles. The van der Waals surface area contributed by atoms with Gasteiger partial charge in [0.05, 0.1) is 12.3 Å². The molecule has 1 N–H and O–H groups in total. The van der Waals surface area contributed by atoms with Crippen molar-refractivity contribution in [1.29, 1.82) is 0 Å². The summed E-state index contributed by atoms with van der Waals surface area (Å²) in [7, 11) is 0. The number of amides is 2. The van der Waals surface area contributed by atoms with Gasteiger partial charge in [0.15, 0.2) is 0 Å². The Morgan fingerprint density at radius 3 is 2.31 bits per heavy atom. The second-order valence-electron chi connectivity index (χ2n) is 6.23. The summed E-state index contributed by atoms with van der Waals surface area (Å²) < 4.78 is 0. The third-order valence-electron chi connectivity index (χ3n) is 4.04. The Morgan fingerprint density at radius 2 is 1.65 bits per heavy atom.